The lowest BCUT2D eigenvalue weighted by Gasteiger charge is -2.20. The molecule has 18 heavy (non-hydrogen) atoms. The maximum atomic E-state index is 5.85. The summed E-state index contributed by atoms with van der Waals surface area (Å²) in [6, 6.07) is 12.5. The first-order valence-corrected chi connectivity index (χ1v) is 6.38. The van der Waals surface area contributed by atoms with Crippen molar-refractivity contribution in [3.05, 3.63) is 48.0 Å². The third-order valence-corrected chi connectivity index (χ3v) is 3.11. The predicted molar refractivity (Wildman–Crippen MR) is 73.7 cm³/mol. The Morgan fingerprint density at radius 1 is 1.17 bits per heavy atom. The Kier molecular flexibility index (Phi) is 2.93. The second kappa shape index (κ2) is 4.73. The van der Waals surface area contributed by atoms with E-state index in [9.17, 15) is 0 Å². The fourth-order valence-electron chi connectivity index (χ4n) is 2.28. The summed E-state index contributed by atoms with van der Waals surface area (Å²) in [4.78, 5) is 0. The molecule has 0 atom stereocenters. The highest BCUT2D eigenvalue weighted by molar-refractivity contribution is 5.95. The molecule has 0 fully saturated rings. The normalized spacial score (nSPS) is 13.7. The summed E-state index contributed by atoms with van der Waals surface area (Å²) >= 11 is 0. The summed E-state index contributed by atoms with van der Waals surface area (Å²) in [5.41, 5.74) is 1.09. The van der Waals surface area contributed by atoms with Crippen molar-refractivity contribution < 1.29 is 9.47 Å². The Labute approximate surface area is 107 Å². The average molecular weight is 240 g/mol. The van der Waals surface area contributed by atoms with E-state index in [1.165, 1.54) is 10.8 Å². The molecule has 0 N–H and O–H groups in total. The van der Waals surface area contributed by atoms with Crippen LogP contribution < -0.4 is 4.74 Å². The molecule has 1 aliphatic heterocycles. The van der Waals surface area contributed by atoms with Crippen molar-refractivity contribution in [3.8, 4) is 5.75 Å². The van der Waals surface area contributed by atoms with Crippen molar-refractivity contribution >= 4 is 16.5 Å². The van der Waals surface area contributed by atoms with Gasteiger partial charge in [0.05, 0.1) is 12.2 Å². The molecule has 1 aliphatic rings. The van der Waals surface area contributed by atoms with Crippen LogP contribution in [0.2, 0.25) is 0 Å². The van der Waals surface area contributed by atoms with Crippen molar-refractivity contribution in [1.82, 2.24) is 0 Å². The van der Waals surface area contributed by atoms with Crippen LogP contribution in [0.3, 0.4) is 0 Å². The fourth-order valence-corrected chi connectivity index (χ4v) is 2.28. The molecule has 1 heterocycles. The molecule has 2 heteroatoms. The lowest BCUT2D eigenvalue weighted by atomic mass is 10.0. The van der Waals surface area contributed by atoms with Gasteiger partial charge in [0.2, 0.25) is 0 Å². The molecule has 0 radical (unpaired) electrons. The van der Waals surface area contributed by atoms with Gasteiger partial charge >= 0.3 is 0 Å². The Morgan fingerprint density at radius 2 is 2.06 bits per heavy atom. The molecule has 2 aromatic carbocycles. The number of ether oxygens (including phenoxy) is 2. The summed E-state index contributed by atoms with van der Waals surface area (Å²) in [5.74, 6) is 1.87. The maximum Gasteiger partial charge on any atom is 0.131 e. The topological polar surface area (TPSA) is 18.5 Å². The molecule has 0 amide bonds. The van der Waals surface area contributed by atoms with Crippen LogP contribution >= 0.6 is 0 Å². The minimum Gasteiger partial charge on any atom is -0.493 e. The molecule has 2 nitrogen and oxygen atoms in total. The van der Waals surface area contributed by atoms with Gasteiger partial charge in [-0.15, -0.1) is 0 Å². The Hall–Kier alpha value is -1.96. The van der Waals surface area contributed by atoms with E-state index in [4.69, 9.17) is 9.47 Å². The highest BCUT2D eigenvalue weighted by Gasteiger charge is 2.17. The number of fused-ring (bicyclic) bond motifs is 3. The molecule has 3 rings (SSSR count). The number of hydrogen-bond donors (Lipinski definition) is 0. The van der Waals surface area contributed by atoms with Crippen LogP contribution in [-0.4, -0.2) is 13.2 Å². The van der Waals surface area contributed by atoms with Crippen molar-refractivity contribution in [2.24, 2.45) is 0 Å². The fraction of sp³-hybridized carbons (Fsp3) is 0.250. The van der Waals surface area contributed by atoms with Crippen molar-refractivity contribution in [3.63, 3.8) is 0 Å². The largest absolute Gasteiger partial charge is 0.493 e. The van der Waals surface area contributed by atoms with Gasteiger partial charge in [-0.3, -0.25) is 0 Å². The molecule has 0 saturated carbocycles. The summed E-state index contributed by atoms with van der Waals surface area (Å²) in [7, 11) is 0. The molecule has 0 spiro atoms. The number of rotatable bonds is 3. The van der Waals surface area contributed by atoms with Gasteiger partial charge < -0.3 is 9.47 Å². The molecule has 92 valence electrons. The second-order valence-electron chi connectivity index (χ2n) is 4.39. The first kappa shape index (κ1) is 11.1. The van der Waals surface area contributed by atoms with E-state index in [1.807, 2.05) is 12.1 Å². The van der Waals surface area contributed by atoms with Gasteiger partial charge in [0.1, 0.15) is 18.1 Å². The maximum absolute atomic E-state index is 5.85. The van der Waals surface area contributed by atoms with E-state index in [0.29, 0.717) is 6.61 Å². The van der Waals surface area contributed by atoms with Crippen LogP contribution in [0.1, 0.15) is 18.9 Å². The quantitative estimate of drug-likeness (QED) is 0.807. The van der Waals surface area contributed by atoms with Gasteiger partial charge in [-0.25, -0.2) is 0 Å². The van der Waals surface area contributed by atoms with E-state index in [2.05, 4.69) is 37.3 Å². The monoisotopic (exact) mass is 240 g/mol. The zero-order valence-corrected chi connectivity index (χ0v) is 10.5. The minimum absolute atomic E-state index is 0.588. The Morgan fingerprint density at radius 3 is 2.94 bits per heavy atom. The van der Waals surface area contributed by atoms with Crippen LogP contribution in [-0.2, 0) is 4.74 Å². The van der Waals surface area contributed by atoms with Crippen LogP contribution in [0.5, 0.6) is 5.75 Å². The first-order valence-electron chi connectivity index (χ1n) is 6.38. The van der Waals surface area contributed by atoms with Gasteiger partial charge in [-0.2, -0.15) is 0 Å². The molecular weight excluding hydrogens is 224 g/mol. The van der Waals surface area contributed by atoms with E-state index in [0.717, 1.165) is 30.1 Å². The standard InChI is InChI=1S/C16H16O2/c1-2-10-17-15-9-11-18-14-8-7-12-5-3-4-6-13(12)16(14)15/h3-9H,2,10-11H2,1H3. The molecule has 0 saturated heterocycles. The highest BCUT2D eigenvalue weighted by atomic mass is 16.5. The minimum atomic E-state index is 0.588. The van der Waals surface area contributed by atoms with E-state index in [1.54, 1.807) is 0 Å². The third kappa shape index (κ3) is 1.84. The van der Waals surface area contributed by atoms with E-state index >= 15 is 0 Å². The van der Waals surface area contributed by atoms with Crippen LogP contribution in [0.25, 0.3) is 16.5 Å². The lowest BCUT2D eigenvalue weighted by molar-refractivity contribution is 0.263. The zero-order chi connectivity index (χ0) is 12.4. The van der Waals surface area contributed by atoms with Gasteiger partial charge in [-0.05, 0) is 29.3 Å². The molecule has 0 bridgehead atoms. The van der Waals surface area contributed by atoms with Crippen molar-refractivity contribution in [2.45, 2.75) is 13.3 Å². The smallest absolute Gasteiger partial charge is 0.131 e. The molecule has 0 aliphatic carbocycles. The molecule has 0 unspecified atom stereocenters. The van der Waals surface area contributed by atoms with E-state index < -0.39 is 0 Å². The summed E-state index contributed by atoms with van der Waals surface area (Å²) in [6.45, 7) is 3.45. The SMILES string of the molecule is CCCOC1=CCOc2ccc3ccccc3c21. The van der Waals surface area contributed by atoms with Gasteiger partial charge in [0.15, 0.2) is 0 Å². The number of benzene rings is 2. The average Bonchev–Trinajstić information content (AvgIpc) is 2.44. The summed E-state index contributed by atoms with van der Waals surface area (Å²) < 4.78 is 11.5. The lowest BCUT2D eigenvalue weighted by Crippen LogP contribution is -2.07. The Bertz CT molecular complexity index is 599. The van der Waals surface area contributed by atoms with Crippen LogP contribution in [0.15, 0.2) is 42.5 Å². The van der Waals surface area contributed by atoms with Crippen LogP contribution in [0, 0.1) is 0 Å². The van der Waals surface area contributed by atoms with Gasteiger partial charge in [0, 0.05) is 0 Å². The van der Waals surface area contributed by atoms with Crippen molar-refractivity contribution in [1.29, 1.82) is 0 Å². The highest BCUT2D eigenvalue weighted by Crippen LogP contribution is 2.36. The number of hydrogen-bond acceptors (Lipinski definition) is 2. The second-order valence-corrected chi connectivity index (χ2v) is 4.39. The van der Waals surface area contributed by atoms with Crippen LogP contribution in [0.4, 0.5) is 0 Å². The van der Waals surface area contributed by atoms with Gasteiger partial charge in [-0.1, -0.05) is 37.3 Å². The molecular formula is C16H16O2. The molecule has 0 aromatic heterocycles. The summed E-state index contributed by atoms with van der Waals surface area (Å²) in [6.07, 6.45) is 3.03. The van der Waals surface area contributed by atoms with Gasteiger partial charge in [0.25, 0.3) is 0 Å². The zero-order valence-electron chi connectivity index (χ0n) is 10.5. The first-order chi connectivity index (χ1) is 8.90. The predicted octanol–water partition coefficient (Wildman–Crippen LogP) is 4.00. The van der Waals surface area contributed by atoms with Crippen molar-refractivity contribution in [2.75, 3.05) is 13.2 Å². The third-order valence-electron chi connectivity index (χ3n) is 3.11. The molecule has 2 aromatic rings. The summed E-state index contributed by atoms with van der Waals surface area (Å²) in [5, 5.41) is 2.41. The Balaban J connectivity index is 2.15. The van der Waals surface area contributed by atoms with E-state index in [-0.39, 0.29) is 0 Å².